The second kappa shape index (κ2) is 6.51. The van der Waals surface area contributed by atoms with Crippen LogP contribution in [0.5, 0.6) is 0 Å². The second-order valence-electron chi connectivity index (χ2n) is 5.50. The van der Waals surface area contributed by atoms with E-state index in [1.54, 1.807) is 20.8 Å². The predicted molar refractivity (Wildman–Crippen MR) is 68.2 cm³/mol. The Kier molecular flexibility index (Phi) is 5.23. The molecule has 116 valence electrons. The zero-order chi connectivity index (χ0) is 16.2. The minimum absolute atomic E-state index is 0.0813. The largest absolute Gasteiger partial charge is 0.548 e. The van der Waals surface area contributed by atoms with Gasteiger partial charge in [0.2, 0.25) is 0 Å². The fourth-order valence-electron chi connectivity index (χ4n) is 1.61. The Balaban J connectivity index is 2.78. The van der Waals surface area contributed by atoms with Crippen LogP contribution in [0.25, 0.3) is 0 Å². The van der Waals surface area contributed by atoms with Crippen molar-refractivity contribution >= 4 is 12.1 Å². The van der Waals surface area contributed by atoms with Gasteiger partial charge in [0.1, 0.15) is 17.2 Å². The first kappa shape index (κ1) is 16.9. The van der Waals surface area contributed by atoms with Gasteiger partial charge in [-0.3, -0.25) is 0 Å². The molecule has 0 aromatic heterocycles. The first-order chi connectivity index (χ1) is 9.56. The Morgan fingerprint density at radius 1 is 1.24 bits per heavy atom. The van der Waals surface area contributed by atoms with Gasteiger partial charge in [0.25, 0.3) is 0 Å². The molecule has 0 radical (unpaired) electrons. The quantitative estimate of drug-likeness (QED) is 0.904. The number of alkyl carbamates (subject to hydrolysis) is 1. The van der Waals surface area contributed by atoms with Gasteiger partial charge in [-0.2, -0.15) is 0 Å². The molecule has 0 fully saturated rings. The van der Waals surface area contributed by atoms with Gasteiger partial charge in [-0.25, -0.2) is 13.6 Å². The fourth-order valence-corrected chi connectivity index (χ4v) is 1.61. The van der Waals surface area contributed by atoms with Gasteiger partial charge < -0.3 is 20.0 Å². The Morgan fingerprint density at radius 2 is 1.76 bits per heavy atom. The lowest BCUT2D eigenvalue weighted by atomic mass is 10.1. The summed E-state index contributed by atoms with van der Waals surface area (Å²) in [4.78, 5) is 22.5. The number of hydrogen-bond acceptors (Lipinski definition) is 4. The number of ether oxygens (including phenoxy) is 1. The Hall–Kier alpha value is -2.18. The smallest absolute Gasteiger partial charge is 0.408 e. The van der Waals surface area contributed by atoms with Crippen molar-refractivity contribution in [1.82, 2.24) is 5.32 Å². The lowest BCUT2D eigenvalue weighted by molar-refractivity contribution is -0.308. The molecule has 1 atom stereocenters. The topological polar surface area (TPSA) is 78.5 Å². The average molecular weight is 300 g/mol. The number of aliphatic carboxylic acids is 1. The highest BCUT2D eigenvalue weighted by molar-refractivity contribution is 5.79. The molecule has 1 aromatic rings. The lowest BCUT2D eigenvalue weighted by Gasteiger charge is -2.24. The van der Waals surface area contributed by atoms with E-state index in [-0.39, 0.29) is 12.0 Å². The van der Waals surface area contributed by atoms with Gasteiger partial charge in [-0.15, -0.1) is 0 Å². The molecule has 5 nitrogen and oxygen atoms in total. The molecule has 0 unspecified atom stereocenters. The number of hydrogen-bond donors (Lipinski definition) is 1. The number of carbonyl (C=O) groups excluding carboxylic acids is 2. The monoisotopic (exact) mass is 300 g/mol. The highest BCUT2D eigenvalue weighted by atomic mass is 19.1. The van der Waals surface area contributed by atoms with Crippen LogP contribution in [-0.2, 0) is 16.0 Å². The Morgan fingerprint density at radius 3 is 2.19 bits per heavy atom. The number of carboxylic acid groups (broad SMARTS) is 1. The van der Waals surface area contributed by atoms with Crippen LogP contribution in [0.15, 0.2) is 18.2 Å². The van der Waals surface area contributed by atoms with E-state index in [4.69, 9.17) is 4.74 Å². The van der Waals surface area contributed by atoms with Crippen LogP contribution < -0.4 is 10.4 Å². The highest BCUT2D eigenvalue weighted by Gasteiger charge is 2.20. The third-order valence-electron chi connectivity index (χ3n) is 2.34. The number of benzene rings is 1. The van der Waals surface area contributed by atoms with E-state index in [2.05, 4.69) is 5.32 Å². The summed E-state index contributed by atoms with van der Waals surface area (Å²) >= 11 is 0. The molecule has 0 saturated carbocycles. The van der Waals surface area contributed by atoms with Crippen LogP contribution >= 0.6 is 0 Å². The summed E-state index contributed by atoms with van der Waals surface area (Å²) in [5.41, 5.74) is -0.719. The van der Waals surface area contributed by atoms with Crippen LogP contribution in [0, 0.1) is 11.6 Å². The number of carboxylic acids is 1. The van der Waals surface area contributed by atoms with E-state index >= 15 is 0 Å². The zero-order valence-electron chi connectivity index (χ0n) is 11.9. The normalized spacial score (nSPS) is 12.6. The van der Waals surface area contributed by atoms with Crippen LogP contribution in [0.2, 0.25) is 0 Å². The van der Waals surface area contributed by atoms with Crippen molar-refractivity contribution < 1.29 is 28.2 Å². The van der Waals surface area contributed by atoms with Crippen molar-refractivity contribution in [2.45, 2.75) is 38.8 Å². The minimum Gasteiger partial charge on any atom is -0.548 e. The first-order valence-electron chi connectivity index (χ1n) is 6.22. The van der Waals surface area contributed by atoms with Gasteiger partial charge in [0.05, 0.1) is 12.0 Å². The summed E-state index contributed by atoms with van der Waals surface area (Å²) in [5, 5.41) is 13.1. The van der Waals surface area contributed by atoms with Gasteiger partial charge in [-0.1, -0.05) is 0 Å². The second-order valence-corrected chi connectivity index (χ2v) is 5.50. The molecule has 1 rings (SSSR count). The minimum atomic E-state index is -1.58. The van der Waals surface area contributed by atoms with Crippen LogP contribution in [0.1, 0.15) is 26.3 Å². The van der Waals surface area contributed by atoms with Crippen molar-refractivity contribution in [3.05, 3.63) is 35.4 Å². The number of rotatable bonds is 4. The van der Waals surface area contributed by atoms with Crippen molar-refractivity contribution in [2.24, 2.45) is 0 Å². The third-order valence-corrected chi connectivity index (χ3v) is 2.34. The first-order valence-corrected chi connectivity index (χ1v) is 6.22. The van der Waals surface area contributed by atoms with Crippen LogP contribution in [0.3, 0.4) is 0 Å². The Labute approximate surface area is 120 Å². The fraction of sp³-hybridized carbons (Fsp3) is 0.429. The average Bonchev–Trinajstić information content (AvgIpc) is 2.23. The maximum Gasteiger partial charge on any atom is 0.408 e. The van der Waals surface area contributed by atoms with Crippen molar-refractivity contribution in [2.75, 3.05) is 0 Å². The molecule has 1 N–H and O–H groups in total. The van der Waals surface area contributed by atoms with E-state index in [9.17, 15) is 23.5 Å². The maximum atomic E-state index is 13.0. The molecule has 0 heterocycles. The summed E-state index contributed by atoms with van der Waals surface area (Å²) in [6.07, 6.45) is -1.27. The molecule has 0 aliphatic carbocycles. The molecule has 0 saturated heterocycles. The summed E-state index contributed by atoms with van der Waals surface area (Å²) in [6.45, 7) is 4.84. The summed E-state index contributed by atoms with van der Waals surface area (Å²) < 4.78 is 31.0. The number of amides is 1. The Bertz CT molecular complexity index is 520. The van der Waals surface area contributed by atoms with E-state index in [0.717, 1.165) is 12.1 Å². The lowest BCUT2D eigenvalue weighted by Crippen LogP contribution is -2.50. The van der Waals surface area contributed by atoms with Gasteiger partial charge in [-0.05, 0) is 44.9 Å². The molecule has 1 aromatic carbocycles. The molecular formula is C14H16F2NO4-. The summed E-state index contributed by atoms with van der Waals surface area (Å²) in [6, 6.07) is 1.17. The van der Waals surface area contributed by atoms with E-state index < -0.39 is 35.3 Å². The molecule has 7 heteroatoms. The highest BCUT2D eigenvalue weighted by Crippen LogP contribution is 2.11. The zero-order valence-corrected chi connectivity index (χ0v) is 11.9. The molecule has 0 aliphatic heterocycles. The maximum absolute atomic E-state index is 13.0. The van der Waals surface area contributed by atoms with E-state index in [1.807, 2.05) is 0 Å². The van der Waals surface area contributed by atoms with Crippen LogP contribution in [0.4, 0.5) is 13.6 Å². The van der Waals surface area contributed by atoms with Gasteiger partial charge >= 0.3 is 6.09 Å². The summed E-state index contributed by atoms with van der Waals surface area (Å²) in [5.74, 6) is -3.25. The van der Waals surface area contributed by atoms with Gasteiger partial charge in [0.15, 0.2) is 0 Å². The number of nitrogens with one attached hydrogen (secondary N) is 1. The number of halogens is 2. The van der Waals surface area contributed by atoms with E-state index in [1.165, 1.54) is 0 Å². The molecular weight excluding hydrogens is 284 g/mol. The standard InChI is InChI=1S/C14H17F2NO4/c1-14(2,3)21-13(20)17-11(12(18)19)6-8-4-9(15)7-10(16)5-8/h4-5,7,11H,6H2,1-3H3,(H,17,20)(H,18,19)/p-1/t11-/m0/s1. The molecule has 0 aliphatic rings. The van der Waals surface area contributed by atoms with Crippen LogP contribution in [-0.4, -0.2) is 23.7 Å². The van der Waals surface area contributed by atoms with Crippen molar-refractivity contribution in [3.63, 3.8) is 0 Å². The predicted octanol–water partition coefficient (Wildman–Crippen LogP) is 1.15. The van der Waals surface area contributed by atoms with E-state index in [0.29, 0.717) is 6.07 Å². The SMILES string of the molecule is CC(C)(C)OC(=O)N[C@@H](Cc1cc(F)cc(F)c1)C(=O)[O-]. The third kappa shape index (κ3) is 6.20. The molecule has 0 bridgehead atoms. The van der Waals surface area contributed by atoms with Gasteiger partial charge in [0, 0.05) is 6.07 Å². The summed E-state index contributed by atoms with van der Waals surface area (Å²) in [7, 11) is 0. The van der Waals surface area contributed by atoms with Crippen molar-refractivity contribution in [1.29, 1.82) is 0 Å². The molecule has 0 spiro atoms. The van der Waals surface area contributed by atoms with Crippen molar-refractivity contribution in [3.8, 4) is 0 Å². The molecule has 1 amide bonds. The number of carbonyl (C=O) groups is 2. The molecule has 21 heavy (non-hydrogen) atoms.